The summed E-state index contributed by atoms with van der Waals surface area (Å²) in [5.41, 5.74) is 2.21. The molecule has 1 unspecified atom stereocenters. The summed E-state index contributed by atoms with van der Waals surface area (Å²) in [5, 5.41) is 8.80. The van der Waals surface area contributed by atoms with Gasteiger partial charge in [0.15, 0.2) is 0 Å². The zero-order chi connectivity index (χ0) is 26.4. The fourth-order valence-corrected chi connectivity index (χ4v) is 5.41. The van der Waals surface area contributed by atoms with Crippen LogP contribution in [-0.2, 0) is 30.8 Å². The van der Waals surface area contributed by atoms with Crippen LogP contribution in [0.2, 0.25) is 0 Å². The molecule has 1 atom stereocenters. The molecule has 9 heteroatoms. The van der Waals surface area contributed by atoms with Crippen molar-refractivity contribution in [2.75, 3.05) is 6.61 Å². The fourth-order valence-electron chi connectivity index (χ4n) is 3.73. The molecule has 0 aliphatic heterocycles. The summed E-state index contributed by atoms with van der Waals surface area (Å²) < 4.78 is 40.2. The molecule has 2 N–H and O–H groups in total. The van der Waals surface area contributed by atoms with Gasteiger partial charge in [0.05, 0.1) is 11.5 Å². The monoisotopic (exact) mass is 505 g/mol. The maximum absolute atomic E-state index is 13.2. The zero-order valence-electron chi connectivity index (χ0n) is 21.2. The van der Waals surface area contributed by atoms with Crippen LogP contribution in [0.15, 0.2) is 41.3 Å². The molecule has 8 nitrogen and oxygen atoms in total. The first-order chi connectivity index (χ1) is 16.2. The van der Waals surface area contributed by atoms with Crippen LogP contribution in [0, 0.1) is 20.8 Å². The van der Waals surface area contributed by atoms with E-state index in [0.717, 1.165) is 11.1 Å². The van der Waals surface area contributed by atoms with Crippen LogP contribution in [0.5, 0.6) is 5.75 Å². The third-order valence-electron chi connectivity index (χ3n) is 5.09. The minimum atomic E-state index is -4.01. The quantitative estimate of drug-likeness (QED) is 0.442. The van der Waals surface area contributed by atoms with Gasteiger partial charge < -0.3 is 14.6 Å². The van der Waals surface area contributed by atoms with Gasteiger partial charge in [-0.2, -0.15) is 4.72 Å². The standard InChI is InChI=1S/C26H35NO7S/c1-17-15-18(2)24(19(3)16-17)35(31,32)27-22(25(30)34-26(4,5)6)13-14-33-21-10-7-20(8-11-21)9-12-23(28)29/h7-8,10-11,15-16,22,27H,9,12-14H2,1-6H3,(H,28,29). The first kappa shape index (κ1) is 28.3. The summed E-state index contributed by atoms with van der Waals surface area (Å²) in [5.74, 6) is -1.02. The van der Waals surface area contributed by atoms with Gasteiger partial charge in [0.2, 0.25) is 10.0 Å². The van der Waals surface area contributed by atoms with Crippen molar-refractivity contribution in [3.05, 3.63) is 58.7 Å². The molecular weight excluding hydrogens is 470 g/mol. The zero-order valence-corrected chi connectivity index (χ0v) is 22.0. The topological polar surface area (TPSA) is 119 Å². The van der Waals surface area contributed by atoms with E-state index in [-0.39, 0.29) is 24.3 Å². The predicted octanol–water partition coefficient (Wildman–Crippen LogP) is 4.09. The molecule has 0 amide bonds. The lowest BCUT2D eigenvalue weighted by Crippen LogP contribution is -2.45. The van der Waals surface area contributed by atoms with Crippen LogP contribution in [0.3, 0.4) is 0 Å². The highest BCUT2D eigenvalue weighted by Crippen LogP contribution is 2.23. The Morgan fingerprint density at radius 2 is 1.60 bits per heavy atom. The number of carbonyl (C=O) groups is 2. The van der Waals surface area contributed by atoms with Gasteiger partial charge in [0.25, 0.3) is 0 Å². The number of esters is 1. The van der Waals surface area contributed by atoms with Crippen LogP contribution in [0.1, 0.15) is 55.9 Å². The molecule has 0 fully saturated rings. The Hall–Kier alpha value is -2.91. The summed E-state index contributed by atoms with van der Waals surface area (Å²) >= 11 is 0. The molecule has 2 rings (SSSR count). The minimum Gasteiger partial charge on any atom is -0.494 e. The molecule has 0 aliphatic rings. The average molecular weight is 506 g/mol. The maximum atomic E-state index is 13.2. The van der Waals surface area contributed by atoms with Crippen LogP contribution in [0.4, 0.5) is 0 Å². The van der Waals surface area contributed by atoms with E-state index in [1.165, 1.54) is 0 Å². The Labute approximate surface area is 207 Å². The Morgan fingerprint density at radius 3 is 2.11 bits per heavy atom. The second-order valence-electron chi connectivity index (χ2n) is 9.61. The number of carboxylic acids is 1. The molecular formula is C26H35NO7S. The van der Waals surface area contributed by atoms with E-state index in [2.05, 4.69) is 4.72 Å². The van der Waals surface area contributed by atoms with Gasteiger partial charge in [-0.3, -0.25) is 9.59 Å². The third kappa shape index (κ3) is 8.99. The number of sulfonamides is 1. The lowest BCUT2D eigenvalue weighted by molar-refractivity contribution is -0.157. The van der Waals surface area contributed by atoms with E-state index in [4.69, 9.17) is 14.6 Å². The van der Waals surface area contributed by atoms with Gasteiger partial charge in [-0.05, 0) is 76.8 Å². The van der Waals surface area contributed by atoms with Gasteiger partial charge in [0.1, 0.15) is 17.4 Å². The fraction of sp³-hybridized carbons (Fsp3) is 0.462. The van der Waals surface area contributed by atoms with Crippen molar-refractivity contribution in [2.24, 2.45) is 0 Å². The second kappa shape index (κ2) is 11.7. The molecule has 35 heavy (non-hydrogen) atoms. The van der Waals surface area contributed by atoms with Gasteiger partial charge in [-0.1, -0.05) is 29.8 Å². The number of carbonyl (C=O) groups excluding carboxylic acids is 1. The number of hydrogen-bond donors (Lipinski definition) is 2. The number of rotatable bonds is 11. The number of ether oxygens (including phenoxy) is 2. The van der Waals surface area contributed by atoms with Crippen LogP contribution >= 0.6 is 0 Å². The number of carboxylic acid groups (broad SMARTS) is 1. The number of hydrogen-bond acceptors (Lipinski definition) is 6. The molecule has 0 heterocycles. The Bertz CT molecular complexity index is 1130. The maximum Gasteiger partial charge on any atom is 0.324 e. The molecule has 192 valence electrons. The lowest BCUT2D eigenvalue weighted by atomic mass is 10.1. The summed E-state index contributed by atoms with van der Waals surface area (Å²) in [7, 11) is -4.01. The van der Waals surface area contributed by atoms with Crippen molar-refractivity contribution >= 4 is 22.0 Å². The Kier molecular flexibility index (Phi) is 9.45. The van der Waals surface area contributed by atoms with Gasteiger partial charge in [0, 0.05) is 12.8 Å². The van der Waals surface area contributed by atoms with E-state index >= 15 is 0 Å². The van der Waals surface area contributed by atoms with Crippen molar-refractivity contribution in [1.82, 2.24) is 4.72 Å². The van der Waals surface area contributed by atoms with Gasteiger partial charge >= 0.3 is 11.9 Å². The van der Waals surface area contributed by atoms with E-state index in [1.54, 1.807) is 71.0 Å². The van der Waals surface area contributed by atoms with Crippen molar-refractivity contribution in [2.45, 2.75) is 77.3 Å². The lowest BCUT2D eigenvalue weighted by Gasteiger charge is -2.25. The van der Waals surface area contributed by atoms with Crippen LogP contribution < -0.4 is 9.46 Å². The minimum absolute atomic E-state index is 0.0395. The highest BCUT2D eigenvalue weighted by atomic mass is 32.2. The molecule has 0 bridgehead atoms. The van der Waals surface area contributed by atoms with Crippen LogP contribution in [0.25, 0.3) is 0 Å². The molecule has 0 aromatic heterocycles. The first-order valence-electron chi connectivity index (χ1n) is 11.4. The van der Waals surface area contributed by atoms with E-state index in [9.17, 15) is 18.0 Å². The largest absolute Gasteiger partial charge is 0.494 e. The summed E-state index contributed by atoms with van der Waals surface area (Å²) in [4.78, 5) is 23.7. The molecule has 0 spiro atoms. The summed E-state index contributed by atoms with van der Waals surface area (Å²) in [6.45, 7) is 10.5. The number of aryl methyl sites for hydroxylation is 4. The molecule has 0 saturated heterocycles. The molecule has 0 saturated carbocycles. The third-order valence-corrected chi connectivity index (χ3v) is 6.86. The normalized spacial score (nSPS) is 12.7. The van der Waals surface area contributed by atoms with E-state index in [0.29, 0.717) is 23.3 Å². The first-order valence-corrected chi connectivity index (χ1v) is 12.9. The smallest absolute Gasteiger partial charge is 0.324 e. The highest BCUT2D eigenvalue weighted by molar-refractivity contribution is 7.89. The van der Waals surface area contributed by atoms with E-state index < -0.39 is 33.6 Å². The van der Waals surface area contributed by atoms with Gasteiger partial charge in [-0.25, -0.2) is 8.42 Å². The summed E-state index contributed by atoms with van der Waals surface area (Å²) in [6, 6.07) is 9.39. The average Bonchev–Trinajstić information content (AvgIpc) is 2.70. The predicted molar refractivity (Wildman–Crippen MR) is 133 cm³/mol. The van der Waals surface area contributed by atoms with Crippen LogP contribution in [-0.4, -0.2) is 43.7 Å². The Balaban J connectivity index is 2.15. The van der Waals surface area contributed by atoms with Crippen molar-refractivity contribution < 1.29 is 32.6 Å². The van der Waals surface area contributed by atoms with Crippen molar-refractivity contribution in [3.8, 4) is 5.75 Å². The second-order valence-corrected chi connectivity index (χ2v) is 11.3. The van der Waals surface area contributed by atoms with Gasteiger partial charge in [-0.15, -0.1) is 0 Å². The Morgan fingerprint density at radius 1 is 1.03 bits per heavy atom. The molecule has 0 radical (unpaired) electrons. The molecule has 0 aliphatic carbocycles. The SMILES string of the molecule is Cc1cc(C)c(S(=O)(=O)NC(CCOc2ccc(CCC(=O)O)cc2)C(=O)OC(C)(C)C)c(C)c1. The molecule has 2 aromatic carbocycles. The van der Waals surface area contributed by atoms with Crippen molar-refractivity contribution in [1.29, 1.82) is 0 Å². The molecule has 2 aromatic rings. The highest BCUT2D eigenvalue weighted by Gasteiger charge is 2.31. The summed E-state index contributed by atoms with van der Waals surface area (Å²) in [6.07, 6.45) is 0.507. The number of aliphatic carboxylic acids is 1. The number of nitrogens with one attached hydrogen (secondary N) is 1. The number of benzene rings is 2. The van der Waals surface area contributed by atoms with E-state index in [1.807, 2.05) is 6.92 Å². The van der Waals surface area contributed by atoms with Crippen molar-refractivity contribution in [3.63, 3.8) is 0 Å².